The summed E-state index contributed by atoms with van der Waals surface area (Å²) in [5, 5.41) is 0. The van der Waals surface area contributed by atoms with Crippen LogP contribution in [0.4, 0.5) is 4.48 Å². The van der Waals surface area contributed by atoms with Gasteiger partial charge in [0, 0.05) is 14.1 Å². The highest BCUT2D eigenvalue weighted by Crippen LogP contribution is 1.90. The van der Waals surface area contributed by atoms with E-state index in [9.17, 15) is 4.48 Å². The average Bonchev–Trinajstić information content (AvgIpc) is 1.87. The molecule has 1 N–H and O–H groups in total. The molecule has 0 aromatic rings. The van der Waals surface area contributed by atoms with Gasteiger partial charge in [0.1, 0.15) is 11.7 Å². The zero-order chi connectivity index (χ0) is 8.15. The van der Waals surface area contributed by atoms with Crippen molar-refractivity contribution in [3.05, 3.63) is 12.4 Å². The molecule has 0 aliphatic heterocycles. The molecule has 10 heavy (non-hydrogen) atoms. The molecule has 3 nitrogen and oxygen atoms in total. The summed E-state index contributed by atoms with van der Waals surface area (Å²) < 4.78 is 11.5. The molecular weight excluding hydrogens is 133 g/mol. The van der Waals surface area contributed by atoms with Gasteiger partial charge in [0.05, 0.1) is 0 Å². The molecule has 0 amide bonds. The van der Waals surface area contributed by atoms with Gasteiger partial charge in [-0.25, -0.2) is 10.5 Å². The van der Waals surface area contributed by atoms with Crippen LogP contribution in [0.3, 0.4) is 0 Å². The summed E-state index contributed by atoms with van der Waals surface area (Å²) in [6.07, 6.45) is 0. The van der Waals surface area contributed by atoms with Crippen molar-refractivity contribution in [1.82, 2.24) is 10.4 Å². The predicted molar refractivity (Wildman–Crippen MR) is 40.2 cm³/mol. The maximum absolute atomic E-state index is 11.5. The molecule has 0 fully saturated rings. The fraction of sp³-hybridized carbons (Fsp3) is 0.500. The number of nitrogens with one attached hydrogen (secondary N) is 1. The number of nitrogens with zero attached hydrogens (tertiary/aromatic N) is 2. The normalized spacial score (nSPS) is 11.0. The number of amidine groups is 1. The zero-order valence-corrected chi connectivity index (χ0v) is 6.48. The minimum atomic E-state index is 0.0196. The van der Waals surface area contributed by atoms with Crippen molar-refractivity contribution in [3.8, 4) is 0 Å². The SMILES string of the molecule is C=C(/N=C(/C)N(C)C)NF. The number of hydrogen-bond donors (Lipinski definition) is 1. The van der Waals surface area contributed by atoms with E-state index in [-0.39, 0.29) is 5.82 Å². The Morgan fingerprint density at radius 2 is 2.10 bits per heavy atom. The molecule has 0 spiro atoms. The van der Waals surface area contributed by atoms with Crippen molar-refractivity contribution >= 4 is 5.84 Å². The molecule has 0 atom stereocenters. The van der Waals surface area contributed by atoms with E-state index in [0.717, 1.165) is 0 Å². The molecule has 0 aromatic carbocycles. The Labute approximate surface area is 60.2 Å². The lowest BCUT2D eigenvalue weighted by Crippen LogP contribution is -2.19. The fourth-order valence-electron chi connectivity index (χ4n) is 0.316. The Bertz CT molecular complexity index is 151. The van der Waals surface area contributed by atoms with Crippen molar-refractivity contribution in [1.29, 1.82) is 0 Å². The monoisotopic (exact) mass is 145 g/mol. The van der Waals surface area contributed by atoms with E-state index >= 15 is 0 Å². The largest absolute Gasteiger partial charge is 0.366 e. The Morgan fingerprint density at radius 1 is 1.60 bits per heavy atom. The number of rotatable bonds is 2. The van der Waals surface area contributed by atoms with Crippen molar-refractivity contribution in [2.75, 3.05) is 14.1 Å². The first-order valence-electron chi connectivity index (χ1n) is 2.86. The smallest absolute Gasteiger partial charge is 0.149 e. The highest BCUT2D eigenvalue weighted by molar-refractivity contribution is 5.79. The first-order valence-corrected chi connectivity index (χ1v) is 2.86. The molecule has 0 saturated carbocycles. The minimum absolute atomic E-state index is 0.0196. The lowest BCUT2D eigenvalue weighted by Gasteiger charge is -2.10. The van der Waals surface area contributed by atoms with Gasteiger partial charge in [0.2, 0.25) is 0 Å². The van der Waals surface area contributed by atoms with E-state index in [1.807, 2.05) is 14.1 Å². The highest BCUT2D eigenvalue weighted by atomic mass is 19.2. The maximum Gasteiger partial charge on any atom is 0.149 e. The van der Waals surface area contributed by atoms with E-state index in [0.29, 0.717) is 5.84 Å². The zero-order valence-electron chi connectivity index (χ0n) is 6.48. The van der Waals surface area contributed by atoms with Crippen molar-refractivity contribution in [2.24, 2.45) is 4.99 Å². The van der Waals surface area contributed by atoms with Gasteiger partial charge < -0.3 is 4.90 Å². The average molecular weight is 145 g/mol. The van der Waals surface area contributed by atoms with Gasteiger partial charge in [-0.15, -0.1) is 4.48 Å². The van der Waals surface area contributed by atoms with Crippen LogP contribution in [0.2, 0.25) is 0 Å². The lowest BCUT2D eigenvalue weighted by molar-refractivity contribution is 0.383. The van der Waals surface area contributed by atoms with Crippen LogP contribution in [0.25, 0.3) is 0 Å². The van der Waals surface area contributed by atoms with Crippen molar-refractivity contribution in [2.45, 2.75) is 6.92 Å². The molecule has 0 aliphatic carbocycles. The van der Waals surface area contributed by atoms with Crippen LogP contribution in [0.5, 0.6) is 0 Å². The van der Waals surface area contributed by atoms with E-state index in [1.54, 1.807) is 11.8 Å². The molecule has 4 heteroatoms. The Kier molecular flexibility index (Phi) is 3.46. The number of halogens is 1. The Hall–Kier alpha value is -1.06. The molecule has 0 aromatic heterocycles. The molecule has 58 valence electrons. The van der Waals surface area contributed by atoms with Gasteiger partial charge in [0.25, 0.3) is 0 Å². The molecule has 0 rings (SSSR count). The summed E-state index contributed by atoms with van der Waals surface area (Å²) in [6.45, 7) is 5.06. The summed E-state index contributed by atoms with van der Waals surface area (Å²) >= 11 is 0. The Balaban J connectivity index is 4.03. The van der Waals surface area contributed by atoms with Crippen LogP contribution in [0.15, 0.2) is 17.4 Å². The fourth-order valence-corrected chi connectivity index (χ4v) is 0.316. The van der Waals surface area contributed by atoms with Gasteiger partial charge in [0.15, 0.2) is 0 Å². The van der Waals surface area contributed by atoms with Gasteiger partial charge in [-0.3, -0.25) is 0 Å². The molecule has 0 aliphatic rings. The second-order valence-electron chi connectivity index (χ2n) is 2.09. The van der Waals surface area contributed by atoms with Crippen LogP contribution >= 0.6 is 0 Å². The molecule has 0 unspecified atom stereocenters. The van der Waals surface area contributed by atoms with Crippen LogP contribution in [-0.4, -0.2) is 24.8 Å². The van der Waals surface area contributed by atoms with Crippen molar-refractivity contribution < 1.29 is 4.48 Å². The van der Waals surface area contributed by atoms with Crippen LogP contribution in [-0.2, 0) is 0 Å². The third-order valence-electron chi connectivity index (χ3n) is 1.05. The first kappa shape index (κ1) is 8.94. The molecule has 0 saturated heterocycles. The lowest BCUT2D eigenvalue weighted by atomic mass is 10.6. The molecule has 0 radical (unpaired) electrons. The van der Waals surface area contributed by atoms with E-state index in [4.69, 9.17) is 0 Å². The first-order chi connectivity index (χ1) is 4.57. The van der Waals surface area contributed by atoms with Gasteiger partial charge in [-0.1, -0.05) is 6.58 Å². The number of hydrogen-bond acceptors (Lipinski definition) is 2. The summed E-state index contributed by atoms with van der Waals surface area (Å²) in [5.41, 5.74) is 1.34. The number of aliphatic imine (C=N–C) groups is 1. The second kappa shape index (κ2) is 3.87. The summed E-state index contributed by atoms with van der Waals surface area (Å²) in [4.78, 5) is 5.52. The summed E-state index contributed by atoms with van der Waals surface area (Å²) in [7, 11) is 3.65. The van der Waals surface area contributed by atoms with Crippen LogP contribution in [0, 0.1) is 0 Å². The summed E-state index contributed by atoms with van der Waals surface area (Å²) in [5.74, 6) is 0.723. The quantitative estimate of drug-likeness (QED) is 0.355. The maximum atomic E-state index is 11.5. The standard InChI is InChI=1S/C6H12FN3/c1-5(9-7)8-6(2)10(3)4/h9H,1H2,2-4H3/b8-6-. The van der Waals surface area contributed by atoms with Crippen LogP contribution < -0.4 is 5.54 Å². The molecule has 0 heterocycles. The van der Waals surface area contributed by atoms with E-state index in [2.05, 4.69) is 11.6 Å². The van der Waals surface area contributed by atoms with Gasteiger partial charge in [-0.05, 0) is 6.92 Å². The second-order valence-corrected chi connectivity index (χ2v) is 2.09. The van der Waals surface area contributed by atoms with Crippen LogP contribution in [0.1, 0.15) is 6.92 Å². The highest BCUT2D eigenvalue weighted by Gasteiger charge is 1.92. The Morgan fingerprint density at radius 3 is 2.40 bits per heavy atom. The summed E-state index contributed by atoms with van der Waals surface area (Å²) in [6, 6.07) is 0. The van der Waals surface area contributed by atoms with Crippen molar-refractivity contribution in [3.63, 3.8) is 0 Å². The van der Waals surface area contributed by atoms with Gasteiger partial charge >= 0.3 is 0 Å². The van der Waals surface area contributed by atoms with E-state index < -0.39 is 0 Å². The topological polar surface area (TPSA) is 27.6 Å². The molecular formula is C6H12FN3. The minimum Gasteiger partial charge on any atom is -0.366 e. The third-order valence-corrected chi connectivity index (χ3v) is 1.05. The molecule has 0 bridgehead atoms. The predicted octanol–water partition coefficient (Wildman–Crippen LogP) is 0.912. The van der Waals surface area contributed by atoms with E-state index in [1.165, 1.54) is 5.54 Å². The third kappa shape index (κ3) is 3.06. The van der Waals surface area contributed by atoms with Gasteiger partial charge in [-0.2, -0.15) is 0 Å².